The Morgan fingerprint density at radius 1 is 1.00 bits per heavy atom. The van der Waals surface area contributed by atoms with E-state index in [0.717, 1.165) is 39.1 Å². The molecule has 1 fully saturated rings. The molecule has 1 saturated heterocycles. The molecule has 176 valence electrons. The van der Waals surface area contributed by atoms with Gasteiger partial charge < -0.3 is 25.2 Å². The topological polar surface area (TPSA) is 77.1 Å². The van der Waals surface area contributed by atoms with E-state index in [1.165, 1.54) is 16.8 Å². The van der Waals surface area contributed by atoms with E-state index in [2.05, 4.69) is 57.6 Å². The minimum absolute atomic E-state index is 0.0171. The number of methoxy groups -OCH3 is 1. The van der Waals surface area contributed by atoms with Crippen molar-refractivity contribution >= 4 is 23.2 Å². The molecule has 1 unspecified atom stereocenters. The fourth-order valence-electron chi connectivity index (χ4n) is 4.54. The quantitative estimate of drug-likeness (QED) is 0.652. The third-order valence-electron chi connectivity index (χ3n) is 6.58. The van der Waals surface area contributed by atoms with Crippen LogP contribution < -0.4 is 20.3 Å². The first-order chi connectivity index (χ1) is 15.9. The largest absolute Gasteiger partial charge is 0.497 e. The second-order valence-corrected chi connectivity index (χ2v) is 8.81. The summed E-state index contributed by atoms with van der Waals surface area (Å²) < 4.78 is 5.17. The highest BCUT2D eigenvalue weighted by atomic mass is 16.5. The van der Waals surface area contributed by atoms with Gasteiger partial charge in [-0.3, -0.25) is 14.5 Å². The summed E-state index contributed by atoms with van der Waals surface area (Å²) in [4.78, 5) is 32.1. The van der Waals surface area contributed by atoms with Crippen LogP contribution in [0.5, 0.6) is 5.75 Å². The zero-order chi connectivity index (χ0) is 23.4. The monoisotopic (exact) mass is 451 g/mol. The Labute approximate surface area is 195 Å². The number of amides is 2. The van der Waals surface area contributed by atoms with Crippen molar-refractivity contribution < 1.29 is 14.3 Å². The third-order valence-corrected chi connectivity index (χ3v) is 6.58. The molecule has 1 atom stereocenters. The van der Waals surface area contributed by atoms with E-state index in [1.807, 2.05) is 0 Å². The van der Waals surface area contributed by atoms with Gasteiger partial charge in [-0.15, -0.1) is 0 Å². The first-order valence-electron chi connectivity index (χ1n) is 11.4. The van der Waals surface area contributed by atoms with Gasteiger partial charge >= 0.3 is 11.8 Å². The standard InChI is InChI=1S/C25H33N5O3/c1-28-11-13-30(14-12-28)23(18-7-8-22-19(15-18)9-10-29(22)2)17-26-24(31)25(32)27-20-5-4-6-21(16-20)33-3/h4-8,15-16,23H,9-14,17H2,1-3H3,(H,26,31)(H,27,32). The van der Waals surface area contributed by atoms with Crippen LogP contribution in [0.2, 0.25) is 0 Å². The molecular weight excluding hydrogens is 418 g/mol. The van der Waals surface area contributed by atoms with Gasteiger partial charge in [0.25, 0.3) is 0 Å². The van der Waals surface area contributed by atoms with Crippen LogP contribution in [0.15, 0.2) is 42.5 Å². The maximum Gasteiger partial charge on any atom is 0.313 e. The highest BCUT2D eigenvalue weighted by Gasteiger charge is 2.27. The zero-order valence-corrected chi connectivity index (χ0v) is 19.6. The molecule has 33 heavy (non-hydrogen) atoms. The van der Waals surface area contributed by atoms with E-state index < -0.39 is 11.8 Å². The van der Waals surface area contributed by atoms with E-state index in [1.54, 1.807) is 31.4 Å². The first kappa shape index (κ1) is 23.1. The van der Waals surface area contributed by atoms with Crippen molar-refractivity contribution in [2.24, 2.45) is 0 Å². The Balaban J connectivity index is 1.45. The average molecular weight is 452 g/mol. The fourth-order valence-corrected chi connectivity index (χ4v) is 4.54. The predicted molar refractivity (Wildman–Crippen MR) is 130 cm³/mol. The molecule has 0 aromatic heterocycles. The van der Waals surface area contributed by atoms with Gasteiger partial charge in [0.05, 0.1) is 13.2 Å². The lowest BCUT2D eigenvalue weighted by atomic mass is 10.00. The summed E-state index contributed by atoms with van der Waals surface area (Å²) in [6.07, 6.45) is 1.03. The van der Waals surface area contributed by atoms with Crippen molar-refractivity contribution in [1.29, 1.82) is 0 Å². The Bertz CT molecular complexity index is 1000. The van der Waals surface area contributed by atoms with Crippen LogP contribution in [-0.4, -0.2) is 82.1 Å². The number of nitrogens with one attached hydrogen (secondary N) is 2. The van der Waals surface area contributed by atoms with Gasteiger partial charge in [-0.05, 0) is 42.8 Å². The smallest absolute Gasteiger partial charge is 0.313 e. The van der Waals surface area contributed by atoms with Crippen LogP contribution in [0.3, 0.4) is 0 Å². The van der Waals surface area contributed by atoms with Gasteiger partial charge in [0.1, 0.15) is 5.75 Å². The van der Waals surface area contributed by atoms with Crippen LogP contribution >= 0.6 is 0 Å². The second kappa shape index (κ2) is 10.2. The van der Waals surface area contributed by atoms with Crippen molar-refractivity contribution in [2.45, 2.75) is 12.5 Å². The van der Waals surface area contributed by atoms with Crippen molar-refractivity contribution in [1.82, 2.24) is 15.1 Å². The van der Waals surface area contributed by atoms with Gasteiger partial charge in [0.2, 0.25) is 0 Å². The molecule has 4 rings (SSSR count). The normalized spacial score (nSPS) is 17.4. The number of piperazine rings is 1. The number of nitrogens with zero attached hydrogens (tertiary/aromatic N) is 3. The maximum atomic E-state index is 12.6. The molecule has 2 aromatic rings. The molecule has 0 saturated carbocycles. The third kappa shape index (κ3) is 5.46. The number of ether oxygens (including phenoxy) is 1. The van der Waals surface area contributed by atoms with Gasteiger partial charge in [-0.1, -0.05) is 18.2 Å². The zero-order valence-electron chi connectivity index (χ0n) is 19.6. The van der Waals surface area contributed by atoms with Crippen LogP contribution in [-0.2, 0) is 16.0 Å². The van der Waals surface area contributed by atoms with Crippen molar-refractivity contribution in [2.75, 3.05) is 70.7 Å². The molecule has 2 amide bonds. The van der Waals surface area contributed by atoms with Crippen molar-refractivity contribution in [3.8, 4) is 5.75 Å². The van der Waals surface area contributed by atoms with Crippen LogP contribution in [0.1, 0.15) is 17.2 Å². The summed E-state index contributed by atoms with van der Waals surface area (Å²) in [5.74, 6) is -0.709. The molecule has 0 aliphatic carbocycles. The lowest BCUT2D eigenvalue weighted by Crippen LogP contribution is -2.49. The number of likely N-dealkylation sites (N-methyl/N-ethyl adjacent to an activating group) is 2. The van der Waals surface area contributed by atoms with Crippen LogP contribution in [0.4, 0.5) is 11.4 Å². The highest BCUT2D eigenvalue weighted by Crippen LogP contribution is 2.31. The molecule has 8 nitrogen and oxygen atoms in total. The van der Waals surface area contributed by atoms with E-state index in [0.29, 0.717) is 18.0 Å². The maximum absolute atomic E-state index is 12.6. The van der Waals surface area contributed by atoms with Gasteiger partial charge in [-0.2, -0.15) is 0 Å². The Morgan fingerprint density at radius 2 is 1.79 bits per heavy atom. The van der Waals surface area contributed by atoms with Crippen LogP contribution in [0, 0.1) is 0 Å². The highest BCUT2D eigenvalue weighted by molar-refractivity contribution is 6.39. The number of anilines is 2. The number of hydrogen-bond donors (Lipinski definition) is 2. The molecule has 2 aliphatic heterocycles. The minimum Gasteiger partial charge on any atom is -0.497 e. The lowest BCUT2D eigenvalue weighted by Gasteiger charge is -2.38. The molecule has 2 aromatic carbocycles. The minimum atomic E-state index is -0.684. The fraction of sp³-hybridized carbons (Fsp3) is 0.440. The van der Waals surface area contributed by atoms with Crippen molar-refractivity contribution in [3.05, 3.63) is 53.6 Å². The number of carbonyl (C=O) groups excluding carboxylic acids is 2. The molecule has 2 N–H and O–H groups in total. The molecule has 0 radical (unpaired) electrons. The molecular formula is C25H33N5O3. The summed E-state index contributed by atoms with van der Waals surface area (Å²) in [6.45, 7) is 5.21. The van der Waals surface area contributed by atoms with Gasteiger partial charge in [0, 0.05) is 63.8 Å². The summed E-state index contributed by atoms with van der Waals surface area (Å²) in [7, 11) is 5.80. The van der Waals surface area contributed by atoms with Crippen LogP contribution in [0.25, 0.3) is 0 Å². The number of rotatable bonds is 6. The predicted octanol–water partition coefficient (Wildman–Crippen LogP) is 1.73. The van der Waals surface area contributed by atoms with E-state index >= 15 is 0 Å². The molecule has 0 spiro atoms. The number of hydrogen-bond acceptors (Lipinski definition) is 6. The van der Waals surface area contributed by atoms with Crippen molar-refractivity contribution in [3.63, 3.8) is 0 Å². The van der Waals surface area contributed by atoms with E-state index in [-0.39, 0.29) is 6.04 Å². The Hall–Kier alpha value is -3.10. The Morgan fingerprint density at radius 3 is 2.55 bits per heavy atom. The lowest BCUT2D eigenvalue weighted by molar-refractivity contribution is -0.136. The van der Waals surface area contributed by atoms with E-state index in [9.17, 15) is 9.59 Å². The molecule has 2 aliphatic rings. The first-order valence-corrected chi connectivity index (χ1v) is 11.4. The summed E-state index contributed by atoms with van der Waals surface area (Å²) in [5.41, 5.74) is 4.32. The SMILES string of the molecule is COc1cccc(NC(=O)C(=O)NCC(c2ccc3c(c2)CCN3C)N2CCN(C)CC2)c1. The number of carbonyl (C=O) groups is 2. The average Bonchev–Trinajstić information content (AvgIpc) is 3.20. The van der Waals surface area contributed by atoms with Gasteiger partial charge in [0.15, 0.2) is 0 Å². The molecule has 2 heterocycles. The summed E-state index contributed by atoms with van der Waals surface area (Å²) in [5, 5.41) is 5.51. The summed E-state index contributed by atoms with van der Waals surface area (Å²) >= 11 is 0. The number of fused-ring (bicyclic) bond motifs is 1. The van der Waals surface area contributed by atoms with Gasteiger partial charge in [-0.25, -0.2) is 0 Å². The molecule has 0 bridgehead atoms. The molecule has 8 heteroatoms. The Kier molecular flexibility index (Phi) is 7.15. The summed E-state index contributed by atoms with van der Waals surface area (Å²) in [6, 6.07) is 13.6. The van der Waals surface area contributed by atoms with E-state index in [4.69, 9.17) is 4.74 Å². The number of benzene rings is 2. The second-order valence-electron chi connectivity index (χ2n) is 8.81.